The summed E-state index contributed by atoms with van der Waals surface area (Å²) in [6.45, 7) is 5.81. The lowest BCUT2D eigenvalue weighted by Gasteiger charge is -2.16. The van der Waals surface area contributed by atoms with Gasteiger partial charge < -0.3 is 10.4 Å². The van der Waals surface area contributed by atoms with E-state index >= 15 is 0 Å². The predicted octanol–water partition coefficient (Wildman–Crippen LogP) is 2.58. The number of nitrogens with one attached hydrogen (secondary N) is 1. The van der Waals surface area contributed by atoms with E-state index in [2.05, 4.69) is 36.4 Å². The second-order valence-electron chi connectivity index (χ2n) is 5.78. The van der Waals surface area contributed by atoms with Gasteiger partial charge in [0.2, 0.25) is 0 Å². The first-order chi connectivity index (χ1) is 10.9. The smallest absolute Gasteiger partial charge is 0.325 e. The van der Waals surface area contributed by atoms with E-state index in [0.717, 1.165) is 5.56 Å². The van der Waals surface area contributed by atoms with E-state index in [1.54, 1.807) is 0 Å². The van der Waals surface area contributed by atoms with Crippen LogP contribution < -0.4 is 5.32 Å². The molecule has 0 saturated carbocycles. The number of carboxylic acid groups (broad SMARTS) is 1. The highest BCUT2D eigenvalue weighted by molar-refractivity contribution is 5.93. The molecule has 23 heavy (non-hydrogen) atoms. The Bertz CT molecular complexity index is 689. The molecule has 1 amide bonds. The summed E-state index contributed by atoms with van der Waals surface area (Å²) in [6, 6.07) is 9.42. The van der Waals surface area contributed by atoms with E-state index < -0.39 is 5.97 Å². The van der Waals surface area contributed by atoms with Crippen LogP contribution in [-0.2, 0) is 11.3 Å². The molecule has 6 heteroatoms. The van der Waals surface area contributed by atoms with Crippen LogP contribution in [-0.4, -0.2) is 26.8 Å². The molecule has 0 aliphatic carbocycles. The molecule has 1 aromatic heterocycles. The average molecular weight is 315 g/mol. The first kappa shape index (κ1) is 16.7. The summed E-state index contributed by atoms with van der Waals surface area (Å²) in [5.41, 5.74) is 2.47. The maximum absolute atomic E-state index is 12.3. The second kappa shape index (κ2) is 7.09. The largest absolute Gasteiger partial charge is 0.480 e. The van der Waals surface area contributed by atoms with E-state index in [1.165, 1.54) is 22.5 Å². The van der Waals surface area contributed by atoms with Crippen LogP contribution in [0.25, 0.3) is 0 Å². The predicted molar refractivity (Wildman–Crippen MR) is 86.3 cm³/mol. The molecule has 1 heterocycles. The summed E-state index contributed by atoms with van der Waals surface area (Å²) < 4.78 is 1.17. The first-order valence-corrected chi connectivity index (χ1v) is 7.52. The van der Waals surface area contributed by atoms with E-state index in [0.29, 0.717) is 5.92 Å². The fourth-order valence-electron chi connectivity index (χ4n) is 2.30. The molecule has 122 valence electrons. The van der Waals surface area contributed by atoms with Gasteiger partial charge in [-0.3, -0.25) is 9.59 Å². The molecular weight excluding hydrogens is 294 g/mol. The van der Waals surface area contributed by atoms with Gasteiger partial charge in [-0.1, -0.05) is 38.1 Å². The molecule has 1 aromatic carbocycles. The molecule has 2 N–H and O–H groups in total. The summed E-state index contributed by atoms with van der Waals surface area (Å²) in [6.07, 6.45) is 1.42. The van der Waals surface area contributed by atoms with E-state index in [4.69, 9.17) is 5.11 Å². The highest BCUT2D eigenvalue weighted by Crippen LogP contribution is 2.18. The van der Waals surface area contributed by atoms with Gasteiger partial charge in [-0.2, -0.15) is 5.10 Å². The van der Waals surface area contributed by atoms with E-state index in [1.807, 2.05) is 19.1 Å². The van der Waals surface area contributed by atoms with Gasteiger partial charge in [0.15, 0.2) is 0 Å². The minimum atomic E-state index is -1.04. The molecule has 0 radical (unpaired) electrons. The Morgan fingerprint density at radius 3 is 2.30 bits per heavy atom. The minimum Gasteiger partial charge on any atom is -0.480 e. The molecule has 1 unspecified atom stereocenters. The lowest BCUT2D eigenvalue weighted by molar-refractivity contribution is -0.137. The third-order valence-electron chi connectivity index (χ3n) is 3.68. The fourth-order valence-corrected chi connectivity index (χ4v) is 2.30. The fraction of sp³-hybridized carbons (Fsp3) is 0.353. The molecule has 0 fully saturated rings. The molecule has 2 aromatic rings. The topological polar surface area (TPSA) is 84.2 Å². The Labute approximate surface area is 135 Å². The van der Waals surface area contributed by atoms with Gasteiger partial charge in [0.1, 0.15) is 12.2 Å². The Kier molecular flexibility index (Phi) is 5.16. The molecule has 6 nitrogen and oxygen atoms in total. The van der Waals surface area contributed by atoms with Gasteiger partial charge in [0.25, 0.3) is 5.91 Å². The normalized spacial score (nSPS) is 12.2. The number of carbonyl (C=O) groups excluding carboxylic acids is 1. The van der Waals surface area contributed by atoms with Gasteiger partial charge in [-0.15, -0.1) is 0 Å². The number of rotatable bonds is 6. The Hall–Kier alpha value is -2.63. The quantitative estimate of drug-likeness (QED) is 0.858. The van der Waals surface area contributed by atoms with Gasteiger partial charge in [-0.25, -0.2) is 4.68 Å². The highest BCUT2D eigenvalue weighted by Gasteiger charge is 2.17. The zero-order valence-electron chi connectivity index (χ0n) is 13.5. The van der Waals surface area contributed by atoms with Crippen molar-refractivity contribution in [2.24, 2.45) is 0 Å². The van der Waals surface area contributed by atoms with Gasteiger partial charge in [-0.05, 0) is 30.0 Å². The number of benzene rings is 1. The van der Waals surface area contributed by atoms with Crippen LogP contribution in [0.5, 0.6) is 0 Å². The zero-order chi connectivity index (χ0) is 17.0. The Morgan fingerprint density at radius 2 is 1.74 bits per heavy atom. The average Bonchev–Trinajstić information content (AvgIpc) is 2.94. The van der Waals surface area contributed by atoms with Crippen LogP contribution in [0.4, 0.5) is 0 Å². The van der Waals surface area contributed by atoms with Crippen molar-refractivity contribution < 1.29 is 14.7 Å². The molecule has 0 aliphatic heterocycles. The van der Waals surface area contributed by atoms with Gasteiger partial charge in [0.05, 0.1) is 6.04 Å². The van der Waals surface area contributed by atoms with Crippen LogP contribution in [0.1, 0.15) is 54.3 Å². The van der Waals surface area contributed by atoms with Crippen molar-refractivity contribution in [2.75, 3.05) is 0 Å². The maximum atomic E-state index is 12.3. The van der Waals surface area contributed by atoms with Gasteiger partial charge >= 0.3 is 5.97 Å². The summed E-state index contributed by atoms with van der Waals surface area (Å²) >= 11 is 0. The molecule has 0 bridgehead atoms. The number of amides is 1. The second-order valence-corrected chi connectivity index (χ2v) is 5.78. The number of aromatic nitrogens is 2. The molecule has 0 saturated heterocycles. The standard InChI is InChI=1S/C17H21N3O3/c1-11(2)13-4-6-14(7-5-13)12(3)19-17(23)15-8-9-18-20(15)10-16(21)22/h4-9,11-12H,10H2,1-3H3,(H,19,23)(H,21,22). The zero-order valence-corrected chi connectivity index (χ0v) is 13.5. The number of carbonyl (C=O) groups is 2. The lowest BCUT2D eigenvalue weighted by Crippen LogP contribution is -2.29. The van der Waals surface area contributed by atoms with E-state index in [9.17, 15) is 9.59 Å². The molecule has 0 spiro atoms. The van der Waals surface area contributed by atoms with E-state index in [-0.39, 0.29) is 24.2 Å². The van der Waals surface area contributed by atoms with Crippen LogP contribution in [0, 0.1) is 0 Å². The first-order valence-electron chi connectivity index (χ1n) is 7.52. The number of hydrogen-bond donors (Lipinski definition) is 2. The molecule has 0 aliphatic rings. The SMILES string of the molecule is CC(C)c1ccc(C(C)NC(=O)c2ccnn2CC(=O)O)cc1. The summed E-state index contributed by atoms with van der Waals surface area (Å²) in [7, 11) is 0. The van der Waals surface area contributed by atoms with Crippen molar-refractivity contribution in [2.45, 2.75) is 39.3 Å². The summed E-state index contributed by atoms with van der Waals surface area (Å²) in [5, 5.41) is 15.6. The molecule has 2 rings (SSSR count). The van der Waals surface area contributed by atoms with Crippen molar-refractivity contribution in [3.8, 4) is 0 Å². The number of nitrogens with zero attached hydrogens (tertiary/aromatic N) is 2. The van der Waals surface area contributed by atoms with Crippen LogP contribution in [0.3, 0.4) is 0 Å². The Morgan fingerprint density at radius 1 is 1.13 bits per heavy atom. The van der Waals surface area contributed by atoms with Crippen molar-refractivity contribution in [3.05, 3.63) is 53.3 Å². The highest BCUT2D eigenvalue weighted by atomic mass is 16.4. The monoisotopic (exact) mass is 315 g/mol. The lowest BCUT2D eigenvalue weighted by atomic mass is 9.99. The maximum Gasteiger partial charge on any atom is 0.325 e. The van der Waals surface area contributed by atoms with Crippen molar-refractivity contribution in [1.29, 1.82) is 0 Å². The molecule has 1 atom stereocenters. The third kappa shape index (κ3) is 4.18. The number of carboxylic acids is 1. The van der Waals surface area contributed by atoms with Crippen LogP contribution >= 0.6 is 0 Å². The molecular formula is C17H21N3O3. The van der Waals surface area contributed by atoms with Gasteiger partial charge in [0, 0.05) is 6.20 Å². The summed E-state index contributed by atoms with van der Waals surface area (Å²) in [4.78, 5) is 23.1. The number of aliphatic carboxylic acids is 1. The third-order valence-corrected chi connectivity index (χ3v) is 3.68. The van der Waals surface area contributed by atoms with Crippen molar-refractivity contribution in [3.63, 3.8) is 0 Å². The minimum absolute atomic E-state index is 0.183. The van der Waals surface area contributed by atoms with Crippen LogP contribution in [0.2, 0.25) is 0 Å². The number of hydrogen-bond acceptors (Lipinski definition) is 3. The van der Waals surface area contributed by atoms with Crippen molar-refractivity contribution >= 4 is 11.9 Å². The Balaban J connectivity index is 2.07. The van der Waals surface area contributed by atoms with Crippen molar-refractivity contribution in [1.82, 2.24) is 15.1 Å². The summed E-state index contributed by atoms with van der Waals surface area (Å²) in [5.74, 6) is -0.927. The van der Waals surface area contributed by atoms with Crippen LogP contribution in [0.15, 0.2) is 36.5 Å².